The Kier molecular flexibility index (Phi) is 5.31. The summed E-state index contributed by atoms with van der Waals surface area (Å²) < 4.78 is 1.14. The number of halogens is 1. The van der Waals surface area contributed by atoms with Gasteiger partial charge in [-0.15, -0.1) is 11.3 Å². The van der Waals surface area contributed by atoms with Crippen LogP contribution in [-0.2, 0) is 0 Å². The van der Waals surface area contributed by atoms with E-state index in [-0.39, 0.29) is 12.1 Å². The van der Waals surface area contributed by atoms with Gasteiger partial charge in [-0.2, -0.15) is 0 Å². The van der Waals surface area contributed by atoms with E-state index in [2.05, 4.69) is 68.3 Å². The van der Waals surface area contributed by atoms with Crippen molar-refractivity contribution in [2.24, 2.45) is 0 Å². The third-order valence-electron chi connectivity index (χ3n) is 3.87. The van der Waals surface area contributed by atoms with Gasteiger partial charge in [0, 0.05) is 24.2 Å². The van der Waals surface area contributed by atoms with Crippen molar-refractivity contribution in [2.45, 2.75) is 12.1 Å². The van der Waals surface area contributed by atoms with Crippen molar-refractivity contribution in [3.8, 4) is 0 Å². The molecule has 2 aromatic heterocycles. The Morgan fingerprint density at radius 3 is 2.78 bits per heavy atom. The maximum atomic E-state index is 5.61. The number of likely N-dealkylation sites (N-methyl/N-ethyl adjacent to an activating group) is 1. The van der Waals surface area contributed by atoms with Crippen molar-refractivity contribution >= 4 is 44.6 Å². The molecule has 3 heterocycles. The van der Waals surface area contributed by atoms with Crippen molar-refractivity contribution in [3.63, 3.8) is 0 Å². The van der Waals surface area contributed by atoms with Crippen LogP contribution in [-0.4, -0.2) is 47.1 Å². The fourth-order valence-electron chi connectivity index (χ4n) is 2.75. The molecule has 23 heavy (non-hydrogen) atoms. The fourth-order valence-corrected chi connectivity index (χ4v) is 4.66. The smallest absolute Gasteiger partial charge is 0.170 e. The van der Waals surface area contributed by atoms with Gasteiger partial charge in [-0.25, -0.2) is 0 Å². The fraction of sp³-hybridized carbons (Fsp3) is 0.375. The second-order valence-electron chi connectivity index (χ2n) is 5.77. The maximum Gasteiger partial charge on any atom is 0.170 e. The van der Waals surface area contributed by atoms with Crippen LogP contribution in [0.15, 0.2) is 40.3 Å². The van der Waals surface area contributed by atoms with Gasteiger partial charge in [0.25, 0.3) is 0 Å². The van der Waals surface area contributed by atoms with Gasteiger partial charge in [0.1, 0.15) is 0 Å². The number of aromatic nitrogens is 1. The summed E-state index contributed by atoms with van der Waals surface area (Å²) >= 11 is 10.9. The standard InChI is InChI=1S/C16H19BrN4S2/c1-20(2)9-10-21-15(12-6-7-13(17)23-12)14(19-16(21)22)11-5-3-4-8-18-11/h3-8,14-15H,9-10H2,1-2H3,(H,19,22)/t14-,15+/m1/s1. The highest BCUT2D eigenvalue weighted by Gasteiger charge is 2.40. The Morgan fingerprint density at radius 1 is 1.35 bits per heavy atom. The summed E-state index contributed by atoms with van der Waals surface area (Å²) in [6.45, 7) is 1.85. The molecular weight excluding hydrogens is 392 g/mol. The number of pyridine rings is 1. The second-order valence-corrected chi connectivity index (χ2v) is 8.65. The molecule has 1 aliphatic heterocycles. The molecule has 7 heteroatoms. The minimum Gasteiger partial charge on any atom is -0.352 e. The minimum absolute atomic E-state index is 0.0800. The van der Waals surface area contributed by atoms with Crippen molar-refractivity contribution in [1.82, 2.24) is 20.1 Å². The molecule has 0 saturated carbocycles. The summed E-state index contributed by atoms with van der Waals surface area (Å²) in [6.07, 6.45) is 1.84. The molecular formula is C16H19BrN4S2. The molecule has 0 spiro atoms. The molecule has 2 aromatic rings. The molecule has 0 amide bonds. The molecule has 0 aliphatic carbocycles. The summed E-state index contributed by atoms with van der Waals surface area (Å²) in [5, 5.41) is 4.27. The second kappa shape index (κ2) is 7.25. The summed E-state index contributed by atoms with van der Waals surface area (Å²) in [5.74, 6) is 0. The lowest BCUT2D eigenvalue weighted by Crippen LogP contribution is -2.35. The van der Waals surface area contributed by atoms with E-state index in [1.54, 1.807) is 11.3 Å². The molecule has 2 atom stereocenters. The molecule has 0 unspecified atom stereocenters. The van der Waals surface area contributed by atoms with Crippen LogP contribution in [0.25, 0.3) is 0 Å². The summed E-state index contributed by atoms with van der Waals surface area (Å²) in [4.78, 5) is 10.3. The Hall–Kier alpha value is -1.02. The van der Waals surface area contributed by atoms with Gasteiger partial charge in [-0.05, 0) is 66.5 Å². The zero-order valence-corrected chi connectivity index (χ0v) is 16.3. The van der Waals surface area contributed by atoms with Crippen LogP contribution in [0.1, 0.15) is 22.7 Å². The van der Waals surface area contributed by atoms with Gasteiger partial charge >= 0.3 is 0 Å². The van der Waals surface area contributed by atoms with Crippen LogP contribution in [0.4, 0.5) is 0 Å². The molecule has 0 radical (unpaired) electrons. The largest absolute Gasteiger partial charge is 0.352 e. The van der Waals surface area contributed by atoms with Crippen LogP contribution in [0.5, 0.6) is 0 Å². The van der Waals surface area contributed by atoms with Crippen LogP contribution >= 0.6 is 39.5 Å². The van der Waals surface area contributed by atoms with Crippen LogP contribution < -0.4 is 5.32 Å². The first-order valence-corrected chi connectivity index (χ1v) is 9.46. The number of hydrogen-bond donors (Lipinski definition) is 1. The molecule has 0 bridgehead atoms. The number of thiocarbonyl (C=S) groups is 1. The van der Waals surface area contributed by atoms with Crippen LogP contribution in [0.3, 0.4) is 0 Å². The van der Waals surface area contributed by atoms with Crippen LogP contribution in [0.2, 0.25) is 0 Å². The number of hydrogen-bond acceptors (Lipinski definition) is 4. The van der Waals surface area contributed by atoms with E-state index >= 15 is 0 Å². The van der Waals surface area contributed by atoms with Crippen molar-refractivity contribution in [1.29, 1.82) is 0 Å². The Bertz CT molecular complexity index is 674. The van der Waals surface area contributed by atoms with Gasteiger partial charge in [-0.1, -0.05) is 6.07 Å². The number of thiophene rings is 1. The lowest BCUT2D eigenvalue weighted by molar-refractivity contribution is 0.280. The first-order chi connectivity index (χ1) is 11.1. The van der Waals surface area contributed by atoms with Crippen molar-refractivity contribution in [3.05, 3.63) is 50.9 Å². The zero-order chi connectivity index (χ0) is 16.4. The lowest BCUT2D eigenvalue weighted by Gasteiger charge is -2.27. The van der Waals surface area contributed by atoms with E-state index in [1.807, 2.05) is 18.3 Å². The topological polar surface area (TPSA) is 31.4 Å². The molecule has 0 aromatic carbocycles. The molecule has 4 nitrogen and oxygen atoms in total. The highest BCUT2D eigenvalue weighted by atomic mass is 79.9. The van der Waals surface area contributed by atoms with E-state index in [0.717, 1.165) is 27.7 Å². The van der Waals surface area contributed by atoms with E-state index in [9.17, 15) is 0 Å². The van der Waals surface area contributed by atoms with Gasteiger partial charge in [-0.3, -0.25) is 4.98 Å². The van der Waals surface area contributed by atoms with Crippen LogP contribution in [0, 0.1) is 0 Å². The summed E-state index contributed by atoms with van der Waals surface area (Å²) in [6, 6.07) is 10.6. The molecule has 3 rings (SSSR count). The van der Waals surface area contributed by atoms with Crippen molar-refractivity contribution < 1.29 is 0 Å². The zero-order valence-electron chi connectivity index (χ0n) is 13.1. The number of nitrogens with one attached hydrogen (secondary N) is 1. The Balaban J connectivity index is 1.94. The van der Waals surface area contributed by atoms with Crippen molar-refractivity contribution in [2.75, 3.05) is 27.2 Å². The lowest BCUT2D eigenvalue weighted by atomic mass is 10.0. The highest BCUT2D eigenvalue weighted by Crippen LogP contribution is 2.41. The maximum absolute atomic E-state index is 5.61. The first-order valence-electron chi connectivity index (χ1n) is 7.44. The van der Waals surface area contributed by atoms with E-state index in [0.29, 0.717) is 0 Å². The Labute approximate surface area is 154 Å². The Morgan fingerprint density at radius 2 is 2.17 bits per heavy atom. The van der Waals surface area contributed by atoms with Gasteiger partial charge in [0.2, 0.25) is 0 Å². The SMILES string of the molecule is CN(C)CCN1C(=S)N[C@H](c2ccccn2)[C@@H]1c1ccc(Br)s1. The molecule has 1 fully saturated rings. The minimum atomic E-state index is 0.0800. The van der Waals surface area contributed by atoms with E-state index in [4.69, 9.17) is 12.2 Å². The summed E-state index contributed by atoms with van der Waals surface area (Å²) in [7, 11) is 4.17. The summed E-state index contributed by atoms with van der Waals surface area (Å²) in [5.41, 5.74) is 1.02. The predicted molar refractivity (Wildman–Crippen MR) is 103 cm³/mol. The number of nitrogens with zero attached hydrogens (tertiary/aromatic N) is 3. The predicted octanol–water partition coefficient (Wildman–Crippen LogP) is 3.44. The molecule has 122 valence electrons. The van der Waals surface area contributed by atoms with E-state index < -0.39 is 0 Å². The van der Waals surface area contributed by atoms with Gasteiger partial charge < -0.3 is 15.1 Å². The van der Waals surface area contributed by atoms with Gasteiger partial charge in [0.05, 0.1) is 21.6 Å². The highest BCUT2D eigenvalue weighted by molar-refractivity contribution is 9.11. The van der Waals surface area contributed by atoms with E-state index in [1.165, 1.54) is 4.88 Å². The average Bonchev–Trinajstić information content (AvgIpc) is 3.09. The average molecular weight is 411 g/mol. The quantitative estimate of drug-likeness (QED) is 0.762. The normalized spacial score (nSPS) is 21.0. The molecule has 1 N–H and O–H groups in total. The first kappa shape index (κ1) is 16.8. The molecule has 1 aliphatic rings. The van der Waals surface area contributed by atoms with Gasteiger partial charge in [0.15, 0.2) is 5.11 Å². The third-order valence-corrected chi connectivity index (χ3v) is 5.92. The third kappa shape index (κ3) is 3.74. The number of rotatable bonds is 5. The molecule has 1 saturated heterocycles. The monoisotopic (exact) mass is 410 g/mol.